The Labute approximate surface area is 141 Å². The fourth-order valence-electron chi connectivity index (χ4n) is 2.29. The van der Waals surface area contributed by atoms with Gasteiger partial charge in [0.2, 0.25) is 0 Å². The number of ether oxygens (including phenoxy) is 1. The number of esters is 1. The summed E-state index contributed by atoms with van der Waals surface area (Å²) in [6.07, 6.45) is 0.285. The van der Waals surface area contributed by atoms with Gasteiger partial charge in [-0.1, -0.05) is 42.5 Å². The highest BCUT2D eigenvalue weighted by Crippen LogP contribution is 2.21. The number of benzene rings is 2. The van der Waals surface area contributed by atoms with Crippen molar-refractivity contribution >= 4 is 16.9 Å². The van der Waals surface area contributed by atoms with Gasteiger partial charge in [0.1, 0.15) is 0 Å². The molecule has 0 N–H and O–H groups in total. The van der Waals surface area contributed by atoms with Crippen molar-refractivity contribution in [3.8, 4) is 17.3 Å². The average molecular weight is 318 g/mol. The zero-order valence-electron chi connectivity index (χ0n) is 13.7. The fourth-order valence-corrected chi connectivity index (χ4v) is 2.29. The van der Waals surface area contributed by atoms with Gasteiger partial charge in [-0.05, 0) is 23.8 Å². The van der Waals surface area contributed by atoms with Crippen LogP contribution in [-0.4, -0.2) is 18.1 Å². The molecule has 0 saturated carbocycles. The van der Waals surface area contributed by atoms with E-state index in [1.807, 2.05) is 60.7 Å². The lowest BCUT2D eigenvalue weighted by atomic mass is 10.1. The van der Waals surface area contributed by atoms with Crippen LogP contribution in [0, 0.1) is 11.3 Å². The molecule has 1 heterocycles. The molecule has 24 heavy (non-hydrogen) atoms. The first kappa shape index (κ1) is 17.2. The predicted molar refractivity (Wildman–Crippen MR) is 94.2 cm³/mol. The molecule has 3 rings (SSSR count). The molecule has 2 aromatic carbocycles. The molecule has 120 valence electrons. The van der Waals surface area contributed by atoms with Gasteiger partial charge in [0.05, 0.1) is 30.8 Å². The molecule has 0 spiro atoms. The Morgan fingerprint density at radius 1 is 1.12 bits per heavy atom. The van der Waals surface area contributed by atoms with Crippen molar-refractivity contribution in [2.75, 3.05) is 7.11 Å². The molecule has 0 aliphatic rings. The molecule has 0 bridgehead atoms. The third-order valence-corrected chi connectivity index (χ3v) is 3.40. The van der Waals surface area contributed by atoms with E-state index in [1.54, 1.807) is 6.07 Å². The van der Waals surface area contributed by atoms with Gasteiger partial charge >= 0.3 is 5.97 Å². The molecule has 4 nitrogen and oxygen atoms in total. The number of aromatic nitrogens is 1. The highest BCUT2D eigenvalue weighted by Gasteiger charge is 2.05. The minimum atomic E-state index is -0.233. The van der Waals surface area contributed by atoms with Gasteiger partial charge in [-0.2, -0.15) is 5.26 Å². The van der Waals surface area contributed by atoms with Crippen LogP contribution >= 0.6 is 0 Å². The first-order chi connectivity index (χ1) is 11.7. The van der Waals surface area contributed by atoms with Gasteiger partial charge in [0.25, 0.3) is 0 Å². The summed E-state index contributed by atoms with van der Waals surface area (Å²) in [5.74, 6) is -0.233. The van der Waals surface area contributed by atoms with Gasteiger partial charge in [-0.15, -0.1) is 0 Å². The average Bonchev–Trinajstić information content (AvgIpc) is 2.62. The van der Waals surface area contributed by atoms with Crippen molar-refractivity contribution in [1.29, 1.82) is 5.26 Å². The number of rotatable bonds is 3. The van der Waals surface area contributed by atoms with Gasteiger partial charge in [0, 0.05) is 17.9 Å². The molecule has 1 aromatic heterocycles. The summed E-state index contributed by atoms with van der Waals surface area (Å²) >= 11 is 0. The zero-order chi connectivity index (χ0) is 17.4. The van der Waals surface area contributed by atoms with E-state index in [-0.39, 0.29) is 12.4 Å². The van der Waals surface area contributed by atoms with E-state index >= 15 is 0 Å². The lowest BCUT2D eigenvalue weighted by molar-refractivity contribution is -0.139. The number of nitrogens with zero attached hydrogens (tertiary/aromatic N) is 2. The van der Waals surface area contributed by atoms with E-state index in [2.05, 4.69) is 9.72 Å². The van der Waals surface area contributed by atoms with Gasteiger partial charge < -0.3 is 4.74 Å². The SMILES string of the molecule is CC#N.COC(=O)Cc1ccc2nc(-c3ccccc3)ccc2c1. The van der Waals surface area contributed by atoms with Crippen molar-refractivity contribution in [2.24, 2.45) is 0 Å². The normalized spacial score (nSPS) is 9.54. The summed E-state index contributed by atoms with van der Waals surface area (Å²) in [5.41, 5.74) is 3.90. The smallest absolute Gasteiger partial charge is 0.309 e. The summed E-state index contributed by atoms with van der Waals surface area (Å²) < 4.78 is 4.69. The van der Waals surface area contributed by atoms with Gasteiger partial charge in [-0.3, -0.25) is 4.79 Å². The summed E-state index contributed by atoms with van der Waals surface area (Å²) in [5, 5.41) is 8.34. The second kappa shape index (κ2) is 8.44. The standard InChI is InChI=1S/C18H15NO2.C2H3N/c1-21-18(20)12-13-7-9-17-15(11-13)8-10-16(19-17)14-5-3-2-4-6-14;1-2-3/h2-11H,12H2,1H3;1H3. The third-order valence-electron chi connectivity index (χ3n) is 3.40. The molecule has 0 radical (unpaired) electrons. The number of hydrogen-bond donors (Lipinski definition) is 0. The Morgan fingerprint density at radius 3 is 2.50 bits per heavy atom. The first-order valence-corrected chi connectivity index (χ1v) is 7.50. The van der Waals surface area contributed by atoms with Crippen molar-refractivity contribution < 1.29 is 9.53 Å². The summed E-state index contributed by atoms with van der Waals surface area (Å²) in [7, 11) is 1.40. The maximum Gasteiger partial charge on any atom is 0.309 e. The van der Waals surface area contributed by atoms with Crippen molar-refractivity contribution in [3.63, 3.8) is 0 Å². The number of methoxy groups -OCH3 is 1. The quantitative estimate of drug-likeness (QED) is 0.681. The Bertz CT molecular complexity index is 868. The Morgan fingerprint density at radius 2 is 1.83 bits per heavy atom. The van der Waals surface area contributed by atoms with Crippen molar-refractivity contribution in [2.45, 2.75) is 13.3 Å². The van der Waals surface area contributed by atoms with Crippen LogP contribution in [0.2, 0.25) is 0 Å². The number of nitriles is 1. The largest absolute Gasteiger partial charge is 0.469 e. The number of hydrogen-bond acceptors (Lipinski definition) is 4. The van der Waals surface area contributed by atoms with Crippen molar-refractivity contribution in [1.82, 2.24) is 4.98 Å². The lowest BCUT2D eigenvalue weighted by Gasteiger charge is -2.05. The number of pyridine rings is 1. The van der Waals surface area contributed by atoms with E-state index in [0.717, 1.165) is 27.7 Å². The van der Waals surface area contributed by atoms with Crippen LogP contribution in [-0.2, 0) is 16.0 Å². The molecule has 0 amide bonds. The van der Waals surface area contributed by atoms with Crippen LogP contribution in [0.15, 0.2) is 60.7 Å². The maximum absolute atomic E-state index is 11.3. The molecular formula is C20H18N2O2. The molecule has 0 unspecified atom stereocenters. The fraction of sp³-hybridized carbons (Fsp3) is 0.150. The monoisotopic (exact) mass is 318 g/mol. The van der Waals surface area contributed by atoms with E-state index in [1.165, 1.54) is 14.0 Å². The van der Waals surface area contributed by atoms with E-state index in [9.17, 15) is 4.79 Å². The number of carbonyl (C=O) groups excluding carboxylic acids is 1. The van der Waals surface area contributed by atoms with Crippen LogP contribution in [0.3, 0.4) is 0 Å². The molecule has 0 fully saturated rings. The molecule has 0 aliphatic heterocycles. The molecule has 3 aromatic rings. The third kappa shape index (κ3) is 4.40. The molecule has 4 heteroatoms. The van der Waals surface area contributed by atoms with Crippen molar-refractivity contribution in [3.05, 3.63) is 66.2 Å². The second-order valence-electron chi connectivity index (χ2n) is 5.07. The predicted octanol–water partition coefficient (Wildman–Crippen LogP) is 4.15. The number of fused-ring (bicyclic) bond motifs is 1. The first-order valence-electron chi connectivity index (χ1n) is 7.50. The second-order valence-corrected chi connectivity index (χ2v) is 5.07. The maximum atomic E-state index is 11.3. The van der Waals surface area contributed by atoms with E-state index in [4.69, 9.17) is 5.26 Å². The van der Waals surface area contributed by atoms with E-state index < -0.39 is 0 Å². The molecule has 0 atom stereocenters. The summed E-state index contributed by atoms with van der Waals surface area (Å²) in [6.45, 7) is 1.43. The number of carbonyl (C=O) groups is 1. The highest BCUT2D eigenvalue weighted by molar-refractivity contribution is 5.83. The molecule has 0 aliphatic carbocycles. The summed E-state index contributed by atoms with van der Waals surface area (Å²) in [6, 6.07) is 21.7. The minimum absolute atomic E-state index is 0.233. The highest BCUT2D eigenvalue weighted by atomic mass is 16.5. The molecule has 0 saturated heterocycles. The topological polar surface area (TPSA) is 63.0 Å². The van der Waals surface area contributed by atoms with Crippen LogP contribution in [0.4, 0.5) is 0 Å². The van der Waals surface area contributed by atoms with Crippen LogP contribution in [0.1, 0.15) is 12.5 Å². The zero-order valence-corrected chi connectivity index (χ0v) is 13.7. The van der Waals surface area contributed by atoms with Gasteiger partial charge in [-0.25, -0.2) is 4.98 Å². The Kier molecular flexibility index (Phi) is 6.04. The van der Waals surface area contributed by atoms with E-state index in [0.29, 0.717) is 0 Å². The Hall–Kier alpha value is -3.19. The Balaban J connectivity index is 0.000000647. The molecular weight excluding hydrogens is 300 g/mol. The minimum Gasteiger partial charge on any atom is -0.469 e. The van der Waals surface area contributed by atoms with Crippen LogP contribution < -0.4 is 0 Å². The van der Waals surface area contributed by atoms with Gasteiger partial charge in [0.15, 0.2) is 0 Å². The van der Waals surface area contributed by atoms with Crippen LogP contribution in [0.25, 0.3) is 22.2 Å². The summed E-state index contributed by atoms with van der Waals surface area (Å²) in [4.78, 5) is 16.0. The lowest BCUT2D eigenvalue weighted by Crippen LogP contribution is -2.04. The van der Waals surface area contributed by atoms with Crippen LogP contribution in [0.5, 0.6) is 0 Å².